The number of amides is 2. The lowest BCUT2D eigenvalue weighted by Crippen LogP contribution is -2.33. The summed E-state index contributed by atoms with van der Waals surface area (Å²) < 4.78 is 11.4. The Hall–Kier alpha value is -1.35. The van der Waals surface area contributed by atoms with Crippen LogP contribution in [0, 0.1) is 7.14 Å². The van der Waals surface area contributed by atoms with Crippen LogP contribution in [0.1, 0.15) is 5.56 Å². The van der Waals surface area contributed by atoms with Gasteiger partial charge in [0, 0.05) is 0 Å². The predicted molar refractivity (Wildman–Crippen MR) is 110 cm³/mol. The highest BCUT2D eigenvalue weighted by Gasteiger charge is 2.36. The second-order valence-electron chi connectivity index (χ2n) is 4.84. The topological polar surface area (TPSA) is 110 Å². The Morgan fingerprint density at radius 3 is 2.42 bits per heavy atom. The zero-order valence-corrected chi connectivity index (χ0v) is 18.3. The Morgan fingerprint density at radius 2 is 1.88 bits per heavy atom. The first-order valence-corrected chi connectivity index (χ1v) is 9.86. The largest absolute Gasteiger partial charge is 0.480 e. The fourth-order valence-electron chi connectivity index (χ4n) is 1.91. The lowest BCUT2D eigenvalue weighted by molar-refractivity contribution is -0.143. The molecule has 1 heterocycles. The Morgan fingerprint density at radius 1 is 1.27 bits per heavy atom. The van der Waals surface area contributed by atoms with Crippen molar-refractivity contribution in [3.8, 4) is 5.75 Å². The van der Waals surface area contributed by atoms with E-state index in [-0.39, 0.29) is 11.5 Å². The number of aliphatic carboxylic acids is 1. The molecule has 1 aromatic carbocycles. The Bertz CT molecular complexity index is 801. The number of carboxylic acid groups (broad SMARTS) is 1. The van der Waals surface area contributed by atoms with E-state index in [9.17, 15) is 19.2 Å². The van der Waals surface area contributed by atoms with Gasteiger partial charge in [0.15, 0.2) is 6.61 Å². The molecule has 0 atom stereocenters. The van der Waals surface area contributed by atoms with E-state index in [1.54, 1.807) is 12.1 Å². The van der Waals surface area contributed by atoms with Gasteiger partial charge in [-0.1, -0.05) is 0 Å². The fraction of sp³-hybridized carbons (Fsp3) is 0.200. The molecule has 1 aliphatic heterocycles. The second-order valence-corrected chi connectivity index (χ2v) is 8.16. The molecule has 2 rings (SSSR count). The lowest BCUT2D eigenvalue weighted by Gasteiger charge is -2.10. The molecule has 1 aliphatic rings. The molecule has 0 bridgehead atoms. The molecule has 138 valence electrons. The minimum atomic E-state index is -1.26. The summed E-state index contributed by atoms with van der Waals surface area (Å²) >= 11 is 4.75. The molecule has 26 heavy (non-hydrogen) atoms. The van der Waals surface area contributed by atoms with Crippen LogP contribution in [0.25, 0.3) is 6.08 Å². The van der Waals surface area contributed by atoms with Crippen molar-refractivity contribution in [3.05, 3.63) is 29.7 Å². The van der Waals surface area contributed by atoms with Gasteiger partial charge in [-0.3, -0.25) is 19.3 Å². The van der Waals surface area contributed by atoms with E-state index in [4.69, 9.17) is 9.84 Å². The second kappa shape index (κ2) is 9.03. The third-order valence-electron chi connectivity index (χ3n) is 3.05. The summed E-state index contributed by atoms with van der Waals surface area (Å²) in [7, 11) is 1.27. The van der Waals surface area contributed by atoms with Crippen molar-refractivity contribution in [2.24, 2.45) is 0 Å². The van der Waals surface area contributed by atoms with Crippen molar-refractivity contribution >= 4 is 86.1 Å². The number of ether oxygens (including phenoxy) is 2. The molecule has 0 aliphatic carbocycles. The number of carbonyl (C=O) groups is 4. The van der Waals surface area contributed by atoms with E-state index < -0.39 is 29.6 Å². The summed E-state index contributed by atoms with van der Waals surface area (Å²) in [4.78, 5) is 46.7. The van der Waals surface area contributed by atoms with Crippen LogP contribution in [-0.2, 0) is 19.1 Å². The van der Waals surface area contributed by atoms with Gasteiger partial charge in [0.2, 0.25) is 0 Å². The monoisotopic (exact) mass is 603 g/mol. The van der Waals surface area contributed by atoms with Crippen molar-refractivity contribution in [3.63, 3.8) is 0 Å². The van der Waals surface area contributed by atoms with Crippen molar-refractivity contribution < 1.29 is 33.8 Å². The first-order chi connectivity index (χ1) is 12.2. The maximum absolute atomic E-state index is 12.2. The molecule has 2 amide bonds. The average molecular weight is 603 g/mol. The highest BCUT2D eigenvalue weighted by Crippen LogP contribution is 2.34. The van der Waals surface area contributed by atoms with Crippen molar-refractivity contribution in [2.75, 3.05) is 20.3 Å². The summed E-state index contributed by atoms with van der Waals surface area (Å²) in [5, 5.41) is 8.15. The van der Waals surface area contributed by atoms with E-state index in [1.165, 1.54) is 13.2 Å². The quantitative estimate of drug-likeness (QED) is 0.301. The molecule has 0 aromatic heterocycles. The summed E-state index contributed by atoms with van der Waals surface area (Å²) in [6.45, 7) is -0.896. The van der Waals surface area contributed by atoms with Crippen molar-refractivity contribution in [1.82, 2.24) is 4.90 Å². The number of hydrogen-bond donors (Lipinski definition) is 1. The number of halogens is 2. The van der Waals surface area contributed by atoms with E-state index in [0.717, 1.165) is 0 Å². The molecule has 0 spiro atoms. The van der Waals surface area contributed by atoms with Gasteiger partial charge in [-0.15, -0.1) is 0 Å². The number of imide groups is 1. The molecule has 1 fully saturated rings. The molecule has 0 unspecified atom stereocenters. The van der Waals surface area contributed by atoms with Crippen LogP contribution in [0.5, 0.6) is 5.75 Å². The maximum atomic E-state index is 12.2. The number of esters is 1. The SMILES string of the molecule is COC(=O)COc1c(I)cc(/C=C2/SC(=O)N(CC(=O)O)C2=O)cc1I. The summed E-state index contributed by atoms with van der Waals surface area (Å²) in [5.74, 6) is -1.90. The summed E-state index contributed by atoms with van der Waals surface area (Å²) in [5.41, 5.74) is 0.644. The Balaban J connectivity index is 2.23. The van der Waals surface area contributed by atoms with Gasteiger partial charge in [0.1, 0.15) is 12.3 Å². The standard InChI is InChI=1S/C15H11I2NO7S/c1-24-12(21)6-25-13-8(16)2-7(3-9(13)17)4-10-14(22)18(5-11(19)20)15(23)26-10/h2-4H,5-6H2,1H3,(H,19,20)/b10-4+. The zero-order chi connectivity index (χ0) is 19.4. The van der Waals surface area contributed by atoms with Crippen LogP contribution in [0.15, 0.2) is 17.0 Å². The van der Waals surface area contributed by atoms with E-state index >= 15 is 0 Å². The van der Waals surface area contributed by atoms with Crippen LogP contribution >= 0.6 is 56.9 Å². The molecule has 11 heteroatoms. The number of nitrogens with zero attached hydrogens (tertiary/aromatic N) is 1. The van der Waals surface area contributed by atoms with Gasteiger partial charge in [-0.25, -0.2) is 4.79 Å². The smallest absolute Gasteiger partial charge is 0.343 e. The minimum Gasteiger partial charge on any atom is -0.480 e. The minimum absolute atomic E-state index is 0.145. The number of rotatable bonds is 6. The summed E-state index contributed by atoms with van der Waals surface area (Å²) in [6, 6.07) is 3.45. The van der Waals surface area contributed by atoms with Crippen LogP contribution in [0.4, 0.5) is 4.79 Å². The Kier molecular flexibility index (Phi) is 7.28. The zero-order valence-electron chi connectivity index (χ0n) is 13.2. The number of benzene rings is 1. The van der Waals surface area contributed by atoms with Crippen LogP contribution in [0.2, 0.25) is 0 Å². The van der Waals surface area contributed by atoms with Crippen LogP contribution in [0.3, 0.4) is 0 Å². The third-order valence-corrected chi connectivity index (χ3v) is 5.56. The summed E-state index contributed by atoms with van der Waals surface area (Å²) in [6.07, 6.45) is 1.52. The predicted octanol–water partition coefficient (Wildman–Crippen LogP) is 2.57. The first-order valence-electron chi connectivity index (χ1n) is 6.88. The van der Waals surface area contributed by atoms with Gasteiger partial charge in [0.25, 0.3) is 11.1 Å². The number of thioether (sulfide) groups is 1. The normalized spacial score (nSPS) is 15.5. The fourth-order valence-corrected chi connectivity index (χ4v) is 4.88. The van der Waals surface area contributed by atoms with Crippen molar-refractivity contribution in [1.29, 1.82) is 0 Å². The van der Waals surface area contributed by atoms with E-state index in [0.29, 0.717) is 35.1 Å². The van der Waals surface area contributed by atoms with Crippen LogP contribution in [-0.4, -0.2) is 53.4 Å². The molecule has 1 saturated heterocycles. The van der Waals surface area contributed by atoms with Gasteiger partial charge >= 0.3 is 11.9 Å². The third kappa shape index (κ3) is 5.09. The molecular weight excluding hydrogens is 592 g/mol. The number of carboxylic acids is 1. The van der Waals surface area contributed by atoms with Gasteiger partial charge < -0.3 is 14.6 Å². The first kappa shape index (κ1) is 21.0. The molecule has 0 radical (unpaired) electrons. The Labute approximate surface area is 179 Å². The number of hydrogen-bond acceptors (Lipinski definition) is 7. The highest BCUT2D eigenvalue weighted by molar-refractivity contribution is 14.1. The average Bonchev–Trinajstić information content (AvgIpc) is 2.81. The molecular formula is C15H11I2NO7S. The maximum Gasteiger partial charge on any atom is 0.343 e. The van der Waals surface area contributed by atoms with Gasteiger partial charge in [-0.05, 0) is 80.7 Å². The molecule has 0 saturated carbocycles. The van der Waals surface area contributed by atoms with E-state index in [2.05, 4.69) is 4.74 Å². The van der Waals surface area contributed by atoms with E-state index in [1.807, 2.05) is 45.2 Å². The number of carbonyl (C=O) groups excluding carboxylic acids is 3. The van der Waals surface area contributed by atoms with Crippen molar-refractivity contribution in [2.45, 2.75) is 0 Å². The van der Waals surface area contributed by atoms with Gasteiger partial charge in [0.05, 0.1) is 19.2 Å². The molecule has 1 aromatic rings. The van der Waals surface area contributed by atoms with Gasteiger partial charge in [-0.2, -0.15) is 0 Å². The lowest BCUT2D eigenvalue weighted by atomic mass is 10.2. The number of methoxy groups -OCH3 is 1. The highest BCUT2D eigenvalue weighted by atomic mass is 127. The molecule has 8 nitrogen and oxygen atoms in total. The van der Waals surface area contributed by atoms with Crippen LogP contribution < -0.4 is 4.74 Å². The molecule has 1 N–H and O–H groups in total.